The average molecular weight is 228 g/mol. The lowest BCUT2D eigenvalue weighted by atomic mass is 10.1. The Kier molecular flexibility index (Phi) is 7.87. The van der Waals surface area contributed by atoms with Crippen molar-refractivity contribution in [2.45, 2.75) is 37.8 Å². The summed E-state index contributed by atoms with van der Waals surface area (Å²) in [5.74, 6) is -0.347. The van der Waals surface area contributed by atoms with Crippen LogP contribution in [0.25, 0.3) is 0 Å². The molecule has 16 heavy (non-hydrogen) atoms. The molecule has 6 heteroatoms. The first-order valence-corrected chi connectivity index (χ1v) is 5.03. The number of nitrogens with two attached hydrogens (primary N) is 1. The maximum absolute atomic E-state index is 11.3. The van der Waals surface area contributed by atoms with Crippen LogP contribution in [-0.2, 0) is 19.2 Å². The van der Waals surface area contributed by atoms with Crippen molar-refractivity contribution >= 4 is 24.8 Å². The normalized spacial score (nSPS) is 13.6. The van der Waals surface area contributed by atoms with Crippen LogP contribution in [-0.4, -0.2) is 36.8 Å². The summed E-state index contributed by atoms with van der Waals surface area (Å²) in [5.41, 5.74) is 5.30. The fraction of sp³-hybridized carbons (Fsp3) is 0.600. The first kappa shape index (κ1) is 14.4. The van der Waals surface area contributed by atoms with Crippen molar-refractivity contribution in [2.24, 2.45) is 5.73 Å². The van der Waals surface area contributed by atoms with Gasteiger partial charge in [-0.2, -0.15) is 0 Å². The molecule has 0 saturated carbocycles. The van der Waals surface area contributed by atoms with Gasteiger partial charge in [-0.3, -0.25) is 4.79 Å². The highest BCUT2D eigenvalue weighted by Crippen LogP contribution is 1.96. The van der Waals surface area contributed by atoms with E-state index in [2.05, 4.69) is 5.32 Å². The molecule has 0 aliphatic heterocycles. The molecule has 0 radical (unpaired) electrons. The van der Waals surface area contributed by atoms with E-state index in [1.807, 2.05) is 0 Å². The Bertz CT molecular complexity index is 255. The Morgan fingerprint density at radius 2 is 1.88 bits per heavy atom. The third-order valence-corrected chi connectivity index (χ3v) is 1.99. The molecule has 0 aromatic rings. The molecule has 1 unspecified atom stereocenters. The van der Waals surface area contributed by atoms with Gasteiger partial charge in [0.1, 0.15) is 18.9 Å². The molecule has 1 amide bonds. The third kappa shape index (κ3) is 6.83. The highest BCUT2D eigenvalue weighted by atomic mass is 16.2. The molecule has 6 nitrogen and oxygen atoms in total. The highest BCUT2D eigenvalue weighted by Gasteiger charge is 2.11. The van der Waals surface area contributed by atoms with E-state index in [0.717, 1.165) is 0 Å². The van der Waals surface area contributed by atoms with E-state index in [0.29, 0.717) is 25.3 Å². The Morgan fingerprint density at radius 1 is 1.19 bits per heavy atom. The van der Waals surface area contributed by atoms with Crippen molar-refractivity contribution in [1.29, 1.82) is 0 Å². The number of carbonyl (C=O) groups excluding carboxylic acids is 4. The van der Waals surface area contributed by atoms with E-state index in [-0.39, 0.29) is 25.2 Å². The van der Waals surface area contributed by atoms with Crippen LogP contribution in [0.3, 0.4) is 0 Å². The molecular formula is C10H16N2O4. The number of hydrogen-bond acceptors (Lipinski definition) is 5. The minimum Gasteiger partial charge on any atom is -0.347 e. The van der Waals surface area contributed by atoms with E-state index in [9.17, 15) is 19.2 Å². The van der Waals surface area contributed by atoms with Crippen molar-refractivity contribution in [1.82, 2.24) is 5.32 Å². The molecule has 0 aliphatic rings. The van der Waals surface area contributed by atoms with Gasteiger partial charge in [-0.25, -0.2) is 0 Å². The lowest BCUT2D eigenvalue weighted by Crippen LogP contribution is -2.37. The zero-order chi connectivity index (χ0) is 12.4. The van der Waals surface area contributed by atoms with E-state index in [1.165, 1.54) is 0 Å². The van der Waals surface area contributed by atoms with Crippen molar-refractivity contribution in [3.05, 3.63) is 0 Å². The molecule has 0 aromatic carbocycles. The van der Waals surface area contributed by atoms with Gasteiger partial charge in [0.2, 0.25) is 5.91 Å². The van der Waals surface area contributed by atoms with Gasteiger partial charge in [0.15, 0.2) is 0 Å². The van der Waals surface area contributed by atoms with Crippen LogP contribution in [0.15, 0.2) is 0 Å². The summed E-state index contributed by atoms with van der Waals surface area (Å²) in [7, 11) is 0. The Morgan fingerprint density at radius 3 is 2.38 bits per heavy atom. The summed E-state index contributed by atoms with van der Waals surface area (Å²) in [6.07, 6.45) is 2.68. The maximum Gasteiger partial charge on any atom is 0.220 e. The molecule has 0 aromatic heterocycles. The maximum atomic E-state index is 11.3. The number of nitrogens with one attached hydrogen (secondary N) is 1. The first-order chi connectivity index (χ1) is 7.63. The van der Waals surface area contributed by atoms with Gasteiger partial charge in [0.05, 0.1) is 12.1 Å². The zero-order valence-electron chi connectivity index (χ0n) is 8.93. The quantitative estimate of drug-likeness (QED) is 0.490. The van der Waals surface area contributed by atoms with Crippen LogP contribution in [0.2, 0.25) is 0 Å². The molecule has 0 spiro atoms. The second-order valence-corrected chi connectivity index (χ2v) is 3.39. The van der Waals surface area contributed by atoms with E-state index < -0.39 is 12.1 Å². The molecule has 3 N–H and O–H groups in total. The molecule has 0 saturated heterocycles. The summed E-state index contributed by atoms with van der Waals surface area (Å²) in [6.45, 7) is 0. The van der Waals surface area contributed by atoms with Crippen LogP contribution in [0.4, 0.5) is 0 Å². The first-order valence-electron chi connectivity index (χ1n) is 5.03. The van der Waals surface area contributed by atoms with Gasteiger partial charge in [-0.15, -0.1) is 0 Å². The second-order valence-electron chi connectivity index (χ2n) is 3.39. The molecule has 0 rings (SSSR count). The van der Waals surface area contributed by atoms with Crippen molar-refractivity contribution in [2.75, 3.05) is 0 Å². The van der Waals surface area contributed by atoms with E-state index >= 15 is 0 Å². The predicted octanol–water partition coefficient (Wildman–Crippen LogP) is -1.04. The van der Waals surface area contributed by atoms with Crippen molar-refractivity contribution in [3.63, 3.8) is 0 Å². The smallest absolute Gasteiger partial charge is 0.220 e. The van der Waals surface area contributed by atoms with Crippen LogP contribution in [0, 0.1) is 0 Å². The highest BCUT2D eigenvalue weighted by molar-refractivity contribution is 5.80. The average Bonchev–Trinajstić information content (AvgIpc) is 2.31. The minimum absolute atomic E-state index is 0.0886. The number of rotatable bonds is 9. The number of carbonyl (C=O) groups is 4. The summed E-state index contributed by atoms with van der Waals surface area (Å²) in [4.78, 5) is 42.1. The Balaban J connectivity index is 3.86. The van der Waals surface area contributed by atoms with Crippen LogP contribution in [0.5, 0.6) is 0 Å². The fourth-order valence-electron chi connectivity index (χ4n) is 1.07. The van der Waals surface area contributed by atoms with Gasteiger partial charge in [-0.05, 0) is 12.8 Å². The topological polar surface area (TPSA) is 106 Å². The minimum atomic E-state index is -0.657. The van der Waals surface area contributed by atoms with Crippen molar-refractivity contribution < 1.29 is 19.2 Å². The molecule has 0 fully saturated rings. The van der Waals surface area contributed by atoms with Gasteiger partial charge in [0, 0.05) is 12.8 Å². The van der Waals surface area contributed by atoms with Gasteiger partial charge in [0.25, 0.3) is 0 Å². The van der Waals surface area contributed by atoms with Crippen molar-refractivity contribution in [3.8, 4) is 0 Å². The molecule has 90 valence electrons. The lowest BCUT2D eigenvalue weighted by molar-refractivity contribution is -0.124. The van der Waals surface area contributed by atoms with Crippen LogP contribution >= 0.6 is 0 Å². The number of hydrogen-bond donors (Lipinski definition) is 2. The summed E-state index contributed by atoms with van der Waals surface area (Å²) in [6, 6.07) is -1.31. The molecule has 0 aliphatic carbocycles. The Hall–Kier alpha value is -1.56. The summed E-state index contributed by atoms with van der Waals surface area (Å²) < 4.78 is 0. The molecule has 0 bridgehead atoms. The van der Waals surface area contributed by atoms with Crippen LogP contribution < -0.4 is 11.1 Å². The Labute approximate surface area is 93.6 Å². The third-order valence-electron chi connectivity index (χ3n) is 1.99. The zero-order valence-corrected chi connectivity index (χ0v) is 8.93. The van der Waals surface area contributed by atoms with Gasteiger partial charge in [-0.1, -0.05) is 0 Å². The molecular weight excluding hydrogens is 212 g/mol. The number of aldehydes is 3. The predicted molar refractivity (Wildman–Crippen MR) is 56.6 cm³/mol. The van der Waals surface area contributed by atoms with E-state index in [1.54, 1.807) is 0 Å². The molecule has 2 atom stereocenters. The van der Waals surface area contributed by atoms with Crippen LogP contribution in [0.1, 0.15) is 25.7 Å². The lowest BCUT2D eigenvalue weighted by Gasteiger charge is -2.11. The van der Waals surface area contributed by atoms with E-state index in [4.69, 9.17) is 5.73 Å². The monoisotopic (exact) mass is 228 g/mol. The summed E-state index contributed by atoms with van der Waals surface area (Å²) >= 11 is 0. The standard InChI is InChI=1S/C10H16N2O4/c11-8(6-14)3-4-10(16)12-9(7-15)2-1-5-13/h5-9H,1-4,11H2,(H,12,16)/t8-,9?/m0/s1. The molecule has 0 heterocycles. The number of amides is 1. The fourth-order valence-corrected chi connectivity index (χ4v) is 1.07. The SMILES string of the molecule is N[C@H](C=O)CCC(=O)NC(C=O)CCC=O. The second kappa shape index (κ2) is 8.72. The summed E-state index contributed by atoms with van der Waals surface area (Å²) in [5, 5.41) is 2.44. The van der Waals surface area contributed by atoms with Gasteiger partial charge >= 0.3 is 0 Å². The van der Waals surface area contributed by atoms with Gasteiger partial charge < -0.3 is 25.4 Å². The largest absolute Gasteiger partial charge is 0.347 e.